The van der Waals surface area contributed by atoms with Gasteiger partial charge in [0.05, 0.1) is 25.6 Å². The molecule has 0 amide bonds. The van der Waals surface area contributed by atoms with Crippen molar-refractivity contribution in [3.63, 3.8) is 0 Å². The number of carboxylic acid groups (broad SMARTS) is 3. The van der Waals surface area contributed by atoms with Gasteiger partial charge in [0.2, 0.25) is 0 Å². The normalized spacial score (nSPS) is 11.2. The molecule has 2 heterocycles. The van der Waals surface area contributed by atoms with E-state index >= 15 is 0 Å². The molecule has 0 aliphatic heterocycles. The second-order valence-corrected chi connectivity index (χ2v) is 8.09. The fourth-order valence-corrected chi connectivity index (χ4v) is 3.64. The van der Waals surface area contributed by atoms with Crippen molar-refractivity contribution in [2.75, 3.05) is 13.2 Å². The Bertz CT molecular complexity index is 866. The molecule has 0 saturated carbocycles. The zero-order valence-corrected chi connectivity index (χ0v) is 18.8. The van der Waals surface area contributed by atoms with Gasteiger partial charge in [-0.15, -0.1) is 11.3 Å². The Kier molecular flexibility index (Phi) is 11.0. The van der Waals surface area contributed by atoms with Crippen LogP contribution in [0.5, 0.6) is 0 Å². The van der Waals surface area contributed by atoms with Gasteiger partial charge in [0.25, 0.3) is 0 Å². The third-order valence-corrected chi connectivity index (χ3v) is 5.42. The highest BCUT2D eigenvalue weighted by Gasteiger charge is 2.40. The van der Waals surface area contributed by atoms with Crippen LogP contribution in [-0.4, -0.2) is 76.9 Å². The predicted molar refractivity (Wildman–Crippen MR) is 115 cm³/mol. The van der Waals surface area contributed by atoms with E-state index in [4.69, 9.17) is 20.4 Å². The number of aliphatic hydroxyl groups excluding tert-OH is 1. The number of aliphatic carboxylic acids is 3. The number of thiophene rings is 1. The van der Waals surface area contributed by atoms with Gasteiger partial charge in [-0.3, -0.25) is 19.2 Å². The smallest absolute Gasteiger partial charge is 0.336 e. The SMILES string of the molecule is CCn1ncc(CN(CCO)Cc2cccs2)c1C.O=C(O)CC(O)(CC(=O)O)C(=O)O. The summed E-state index contributed by atoms with van der Waals surface area (Å²) in [5, 5.41) is 49.5. The van der Waals surface area contributed by atoms with Crippen LogP contribution in [-0.2, 0) is 34.0 Å². The van der Waals surface area contributed by atoms with Crippen LogP contribution < -0.4 is 0 Å². The van der Waals surface area contributed by atoms with Gasteiger partial charge < -0.3 is 25.5 Å². The summed E-state index contributed by atoms with van der Waals surface area (Å²) in [5.41, 5.74) is -0.277. The van der Waals surface area contributed by atoms with Gasteiger partial charge in [0.1, 0.15) is 0 Å². The van der Waals surface area contributed by atoms with Crippen molar-refractivity contribution in [2.45, 2.75) is 51.9 Å². The Hall–Kier alpha value is -2.80. The standard InChI is InChI=1S/C14H21N3OS.C6H8O7/c1-3-17-12(2)13(9-15-17)10-16(6-7-18)11-14-5-4-8-19-14;7-3(8)1-6(13,5(11)12)2-4(9)10/h4-5,8-9,18H,3,6-7,10-11H2,1-2H3;13H,1-2H2,(H,7,8)(H,9,10)(H,11,12). The molecule has 178 valence electrons. The monoisotopic (exact) mass is 471 g/mol. The molecule has 0 spiro atoms. The number of aliphatic hydroxyl groups is 2. The van der Waals surface area contributed by atoms with Crippen molar-refractivity contribution < 1.29 is 39.9 Å². The molecule has 0 radical (unpaired) electrons. The van der Waals surface area contributed by atoms with Crippen LogP contribution in [0.4, 0.5) is 0 Å². The van der Waals surface area contributed by atoms with E-state index in [0.29, 0.717) is 6.54 Å². The number of aryl methyl sites for hydroxylation is 1. The topological polar surface area (TPSA) is 173 Å². The van der Waals surface area contributed by atoms with Crippen molar-refractivity contribution in [1.29, 1.82) is 0 Å². The molecule has 0 saturated heterocycles. The van der Waals surface area contributed by atoms with Crippen LogP contribution in [0, 0.1) is 6.92 Å². The molecule has 11 nitrogen and oxygen atoms in total. The van der Waals surface area contributed by atoms with Crippen molar-refractivity contribution in [2.24, 2.45) is 0 Å². The van der Waals surface area contributed by atoms with Crippen LogP contribution in [0.3, 0.4) is 0 Å². The summed E-state index contributed by atoms with van der Waals surface area (Å²) in [7, 11) is 0. The van der Waals surface area contributed by atoms with Crippen molar-refractivity contribution in [3.05, 3.63) is 39.8 Å². The molecule has 5 N–H and O–H groups in total. The first-order valence-corrected chi connectivity index (χ1v) is 10.7. The van der Waals surface area contributed by atoms with E-state index in [-0.39, 0.29) is 6.61 Å². The molecule has 0 fully saturated rings. The lowest BCUT2D eigenvalue weighted by molar-refractivity contribution is -0.170. The molecule has 0 aromatic carbocycles. The Morgan fingerprint density at radius 1 is 1.16 bits per heavy atom. The van der Waals surface area contributed by atoms with Crippen LogP contribution in [0.15, 0.2) is 23.7 Å². The lowest BCUT2D eigenvalue weighted by Gasteiger charge is -2.20. The van der Waals surface area contributed by atoms with Crippen molar-refractivity contribution in [3.8, 4) is 0 Å². The maximum absolute atomic E-state index is 10.3. The number of carbonyl (C=O) groups is 3. The minimum Gasteiger partial charge on any atom is -0.481 e. The van der Waals surface area contributed by atoms with E-state index in [0.717, 1.165) is 19.6 Å². The first-order valence-electron chi connectivity index (χ1n) is 9.78. The largest absolute Gasteiger partial charge is 0.481 e. The van der Waals surface area contributed by atoms with Crippen molar-refractivity contribution >= 4 is 29.2 Å². The number of aromatic nitrogens is 2. The Labute approximate surface area is 189 Å². The molecular weight excluding hydrogens is 442 g/mol. The summed E-state index contributed by atoms with van der Waals surface area (Å²) < 4.78 is 2.01. The summed E-state index contributed by atoms with van der Waals surface area (Å²) >= 11 is 1.76. The van der Waals surface area contributed by atoms with Gasteiger partial charge in [-0.2, -0.15) is 5.10 Å². The molecule has 2 rings (SSSR count). The van der Waals surface area contributed by atoms with Gasteiger partial charge >= 0.3 is 17.9 Å². The maximum Gasteiger partial charge on any atom is 0.336 e. The quantitative estimate of drug-likeness (QED) is 0.301. The fourth-order valence-electron chi connectivity index (χ4n) is 2.89. The highest BCUT2D eigenvalue weighted by molar-refractivity contribution is 7.09. The molecule has 0 atom stereocenters. The van der Waals surface area contributed by atoms with Crippen LogP contribution in [0.2, 0.25) is 0 Å². The fraction of sp³-hybridized carbons (Fsp3) is 0.500. The van der Waals surface area contributed by atoms with Crippen molar-refractivity contribution in [1.82, 2.24) is 14.7 Å². The number of hydrogen-bond donors (Lipinski definition) is 5. The first-order chi connectivity index (χ1) is 15.0. The summed E-state index contributed by atoms with van der Waals surface area (Å²) in [5.74, 6) is -5.02. The van der Waals surface area contributed by atoms with E-state index in [1.165, 1.54) is 16.1 Å². The Morgan fingerprint density at radius 2 is 1.78 bits per heavy atom. The molecule has 2 aromatic rings. The van der Waals surface area contributed by atoms with Gasteiger partial charge in [-0.1, -0.05) is 6.07 Å². The number of carboxylic acids is 3. The average molecular weight is 472 g/mol. The average Bonchev–Trinajstić information content (AvgIpc) is 3.31. The third-order valence-electron chi connectivity index (χ3n) is 4.56. The Morgan fingerprint density at radius 3 is 2.19 bits per heavy atom. The first kappa shape index (κ1) is 27.2. The number of hydrogen-bond acceptors (Lipinski definition) is 8. The lowest BCUT2D eigenvalue weighted by atomic mass is 9.96. The number of nitrogens with zero attached hydrogens (tertiary/aromatic N) is 3. The van der Waals surface area contributed by atoms with Crippen LogP contribution in [0.25, 0.3) is 0 Å². The Balaban J connectivity index is 0.000000347. The van der Waals surface area contributed by atoms with E-state index < -0.39 is 36.4 Å². The molecular formula is C20H29N3O8S. The summed E-state index contributed by atoms with van der Waals surface area (Å²) in [6, 6.07) is 4.20. The lowest BCUT2D eigenvalue weighted by Crippen LogP contribution is -2.42. The number of rotatable bonds is 12. The second kappa shape index (κ2) is 12.9. The van der Waals surface area contributed by atoms with E-state index in [9.17, 15) is 19.5 Å². The van der Waals surface area contributed by atoms with Crippen LogP contribution >= 0.6 is 11.3 Å². The molecule has 0 bridgehead atoms. The third kappa shape index (κ3) is 8.75. The van der Waals surface area contributed by atoms with E-state index in [1.54, 1.807) is 11.3 Å². The zero-order valence-electron chi connectivity index (χ0n) is 18.0. The molecule has 2 aromatic heterocycles. The molecule has 0 unspecified atom stereocenters. The van der Waals surface area contributed by atoms with E-state index in [1.807, 2.05) is 10.9 Å². The second-order valence-electron chi connectivity index (χ2n) is 7.06. The molecule has 12 heteroatoms. The van der Waals surface area contributed by atoms with Gasteiger partial charge in [0, 0.05) is 42.3 Å². The highest BCUT2D eigenvalue weighted by Crippen LogP contribution is 2.17. The van der Waals surface area contributed by atoms with Crippen LogP contribution in [0.1, 0.15) is 35.9 Å². The predicted octanol–water partition coefficient (Wildman–Crippen LogP) is 1.02. The minimum absolute atomic E-state index is 0.187. The van der Waals surface area contributed by atoms with Gasteiger partial charge in [0.15, 0.2) is 5.60 Å². The van der Waals surface area contributed by atoms with Gasteiger partial charge in [-0.05, 0) is 25.3 Å². The zero-order chi connectivity index (χ0) is 24.3. The summed E-state index contributed by atoms with van der Waals surface area (Å²) in [4.78, 5) is 34.1. The minimum atomic E-state index is -2.74. The van der Waals surface area contributed by atoms with Gasteiger partial charge in [-0.25, -0.2) is 4.79 Å². The van der Waals surface area contributed by atoms with E-state index in [2.05, 4.69) is 41.4 Å². The summed E-state index contributed by atoms with van der Waals surface area (Å²) in [6.45, 7) is 7.70. The summed E-state index contributed by atoms with van der Waals surface area (Å²) in [6.07, 6.45) is -0.346. The highest BCUT2D eigenvalue weighted by atomic mass is 32.1. The molecule has 0 aliphatic rings. The molecule has 32 heavy (non-hydrogen) atoms. The molecule has 0 aliphatic carbocycles. The maximum atomic E-state index is 10.3.